The molecule has 1 aromatic carbocycles. The maximum atomic E-state index is 13.7. The van der Waals surface area contributed by atoms with Crippen LogP contribution in [0, 0.1) is 5.82 Å². The Labute approximate surface area is 171 Å². The van der Waals surface area contributed by atoms with Gasteiger partial charge in [0, 0.05) is 13.1 Å². The van der Waals surface area contributed by atoms with Crippen LogP contribution < -0.4 is 10.2 Å². The number of amides is 1. The van der Waals surface area contributed by atoms with Crippen LogP contribution >= 0.6 is 23.1 Å². The summed E-state index contributed by atoms with van der Waals surface area (Å²) in [6, 6.07) is 6.11. The smallest absolute Gasteiger partial charge is 0.234 e. The van der Waals surface area contributed by atoms with Crippen molar-refractivity contribution < 1.29 is 9.18 Å². The Morgan fingerprint density at radius 2 is 1.96 bits per heavy atom. The lowest BCUT2D eigenvalue weighted by Gasteiger charge is -2.19. The van der Waals surface area contributed by atoms with E-state index in [1.54, 1.807) is 23.5 Å². The molecule has 148 valence electrons. The topological polar surface area (TPSA) is 71.0 Å². The molecule has 2 heterocycles. The molecule has 1 amide bonds. The van der Waals surface area contributed by atoms with Crippen molar-refractivity contribution >= 4 is 50.2 Å². The highest BCUT2D eigenvalue weighted by atomic mass is 32.2. The Hall–Kier alpha value is -2.26. The second-order valence-electron chi connectivity index (χ2n) is 6.13. The number of thioether (sulfide) groups is 1. The van der Waals surface area contributed by atoms with Gasteiger partial charge in [0.1, 0.15) is 21.9 Å². The molecule has 0 bridgehead atoms. The minimum Gasteiger partial charge on any atom is -0.348 e. The van der Waals surface area contributed by atoms with Gasteiger partial charge in [0.25, 0.3) is 0 Å². The number of anilines is 2. The van der Waals surface area contributed by atoms with Crippen LogP contribution in [0.5, 0.6) is 0 Å². The van der Waals surface area contributed by atoms with Crippen LogP contribution in [-0.4, -0.2) is 39.7 Å². The third kappa shape index (κ3) is 4.96. The van der Waals surface area contributed by atoms with Crippen LogP contribution in [0.1, 0.15) is 26.7 Å². The summed E-state index contributed by atoms with van der Waals surface area (Å²) in [5.41, 5.74) is 0.819. The number of carbonyl (C=O) groups is 1. The molecule has 3 rings (SSSR count). The van der Waals surface area contributed by atoms with E-state index in [4.69, 9.17) is 0 Å². The van der Waals surface area contributed by atoms with Gasteiger partial charge in [-0.15, -0.1) is 0 Å². The van der Waals surface area contributed by atoms with Crippen LogP contribution in [0.4, 0.5) is 15.2 Å². The first kappa shape index (κ1) is 20.5. The first-order valence-electron chi connectivity index (χ1n) is 9.16. The minimum atomic E-state index is -0.454. The third-order valence-electron chi connectivity index (χ3n) is 3.89. The van der Waals surface area contributed by atoms with Gasteiger partial charge in [-0.25, -0.2) is 14.4 Å². The second-order valence-corrected chi connectivity index (χ2v) is 8.07. The lowest BCUT2D eigenvalue weighted by Crippen LogP contribution is -2.24. The van der Waals surface area contributed by atoms with E-state index in [0.717, 1.165) is 35.8 Å². The van der Waals surface area contributed by atoms with Crippen molar-refractivity contribution in [2.45, 2.75) is 31.7 Å². The largest absolute Gasteiger partial charge is 0.348 e. The van der Waals surface area contributed by atoms with Crippen molar-refractivity contribution in [3.8, 4) is 0 Å². The summed E-state index contributed by atoms with van der Waals surface area (Å²) in [7, 11) is 0. The molecule has 0 fully saturated rings. The standard InChI is InChI=1S/C19H22FN5OS2/c1-3-9-25(10-4-2)19-24-17-16(28-19)18(22-12-21-17)27-11-15(26)23-14-8-6-5-7-13(14)20/h5-8,12H,3-4,9-11H2,1-2H3,(H,23,26). The lowest BCUT2D eigenvalue weighted by atomic mass is 10.3. The number of benzene rings is 1. The van der Waals surface area contributed by atoms with Gasteiger partial charge >= 0.3 is 0 Å². The summed E-state index contributed by atoms with van der Waals surface area (Å²) in [5.74, 6) is -0.615. The Morgan fingerprint density at radius 1 is 1.21 bits per heavy atom. The number of fused-ring (bicyclic) bond motifs is 1. The molecule has 9 heteroatoms. The monoisotopic (exact) mass is 419 g/mol. The van der Waals surface area contributed by atoms with Gasteiger partial charge in [0.05, 0.1) is 11.4 Å². The van der Waals surface area contributed by atoms with Crippen molar-refractivity contribution in [2.75, 3.05) is 29.1 Å². The Morgan fingerprint density at radius 3 is 2.68 bits per heavy atom. The fraction of sp³-hybridized carbons (Fsp3) is 0.368. The number of hydrogen-bond acceptors (Lipinski definition) is 7. The summed E-state index contributed by atoms with van der Waals surface area (Å²) < 4.78 is 14.5. The third-order valence-corrected chi connectivity index (χ3v) is 6.12. The quantitative estimate of drug-likeness (QED) is 0.404. The molecule has 3 aromatic rings. The molecular formula is C19H22FN5OS2. The number of nitrogens with one attached hydrogen (secondary N) is 1. The van der Waals surface area contributed by atoms with Gasteiger partial charge in [-0.05, 0) is 25.0 Å². The SMILES string of the molecule is CCCN(CCC)c1nc2ncnc(SCC(=O)Nc3ccccc3F)c2s1. The average molecular weight is 420 g/mol. The van der Waals surface area contributed by atoms with Gasteiger partial charge in [-0.2, -0.15) is 4.98 Å². The van der Waals surface area contributed by atoms with E-state index >= 15 is 0 Å². The predicted octanol–water partition coefficient (Wildman–Crippen LogP) is 4.58. The van der Waals surface area contributed by atoms with E-state index in [9.17, 15) is 9.18 Å². The van der Waals surface area contributed by atoms with E-state index < -0.39 is 5.82 Å². The highest BCUT2D eigenvalue weighted by Gasteiger charge is 2.16. The van der Waals surface area contributed by atoms with Crippen molar-refractivity contribution in [1.82, 2.24) is 15.0 Å². The molecule has 0 spiro atoms. The molecule has 0 aliphatic carbocycles. The van der Waals surface area contributed by atoms with Crippen molar-refractivity contribution in [3.63, 3.8) is 0 Å². The lowest BCUT2D eigenvalue weighted by molar-refractivity contribution is -0.113. The number of carbonyl (C=O) groups excluding carboxylic acids is 1. The number of rotatable bonds is 9. The molecule has 28 heavy (non-hydrogen) atoms. The Balaban J connectivity index is 1.72. The molecule has 0 atom stereocenters. The molecule has 0 aliphatic rings. The van der Waals surface area contributed by atoms with Crippen molar-refractivity contribution in [1.29, 1.82) is 0 Å². The number of para-hydroxylation sites is 1. The Kier molecular flexibility index (Phi) is 7.16. The molecule has 1 N–H and O–H groups in total. The fourth-order valence-electron chi connectivity index (χ4n) is 2.69. The Bertz CT molecular complexity index is 943. The van der Waals surface area contributed by atoms with Gasteiger partial charge in [0.15, 0.2) is 10.8 Å². The molecule has 0 radical (unpaired) electrons. The van der Waals surface area contributed by atoms with Crippen LogP contribution in [0.15, 0.2) is 35.6 Å². The number of halogens is 1. The number of nitrogens with zero attached hydrogens (tertiary/aromatic N) is 4. The molecule has 6 nitrogen and oxygen atoms in total. The second kappa shape index (κ2) is 9.79. The van der Waals surface area contributed by atoms with E-state index in [0.29, 0.717) is 10.7 Å². The predicted molar refractivity (Wildman–Crippen MR) is 114 cm³/mol. The van der Waals surface area contributed by atoms with Gasteiger partial charge < -0.3 is 10.2 Å². The highest BCUT2D eigenvalue weighted by molar-refractivity contribution is 8.00. The summed E-state index contributed by atoms with van der Waals surface area (Å²) in [5, 5.41) is 4.23. The number of thiazole rings is 1. The van der Waals surface area contributed by atoms with Gasteiger partial charge in [-0.1, -0.05) is 49.1 Å². The number of hydrogen-bond donors (Lipinski definition) is 1. The first-order chi connectivity index (χ1) is 13.6. The van der Waals surface area contributed by atoms with E-state index in [1.165, 1.54) is 30.2 Å². The van der Waals surface area contributed by atoms with Crippen molar-refractivity contribution in [2.24, 2.45) is 0 Å². The van der Waals surface area contributed by atoms with Gasteiger partial charge in [0.2, 0.25) is 5.91 Å². The zero-order valence-corrected chi connectivity index (χ0v) is 17.4. The zero-order chi connectivity index (χ0) is 19.9. The summed E-state index contributed by atoms with van der Waals surface area (Å²) in [6.45, 7) is 6.17. The average Bonchev–Trinajstić information content (AvgIpc) is 3.13. The maximum Gasteiger partial charge on any atom is 0.234 e. The van der Waals surface area contributed by atoms with Crippen LogP contribution in [0.2, 0.25) is 0 Å². The molecule has 2 aromatic heterocycles. The summed E-state index contributed by atoms with van der Waals surface area (Å²) in [6.07, 6.45) is 3.55. The van der Waals surface area contributed by atoms with E-state index in [-0.39, 0.29) is 17.3 Å². The van der Waals surface area contributed by atoms with Crippen LogP contribution in [0.25, 0.3) is 10.3 Å². The number of aromatic nitrogens is 3. The minimum absolute atomic E-state index is 0.126. The zero-order valence-electron chi connectivity index (χ0n) is 15.8. The van der Waals surface area contributed by atoms with Crippen molar-refractivity contribution in [3.05, 3.63) is 36.4 Å². The van der Waals surface area contributed by atoms with Crippen LogP contribution in [-0.2, 0) is 4.79 Å². The maximum absolute atomic E-state index is 13.7. The van der Waals surface area contributed by atoms with Gasteiger partial charge in [-0.3, -0.25) is 4.79 Å². The van der Waals surface area contributed by atoms with E-state index in [2.05, 4.69) is 39.0 Å². The molecule has 0 unspecified atom stereocenters. The van der Waals surface area contributed by atoms with E-state index in [1.807, 2.05) is 0 Å². The molecule has 0 aliphatic heterocycles. The van der Waals surface area contributed by atoms with Crippen LogP contribution in [0.3, 0.4) is 0 Å². The molecule has 0 saturated heterocycles. The summed E-state index contributed by atoms with van der Waals surface area (Å²) >= 11 is 2.85. The fourth-order valence-corrected chi connectivity index (χ4v) is 4.63. The summed E-state index contributed by atoms with van der Waals surface area (Å²) in [4.78, 5) is 27.7. The first-order valence-corrected chi connectivity index (χ1v) is 11.0. The highest BCUT2D eigenvalue weighted by Crippen LogP contribution is 2.34. The molecule has 0 saturated carbocycles. The molecular weight excluding hydrogens is 397 g/mol. The normalized spacial score (nSPS) is 11.0.